The Morgan fingerprint density at radius 3 is 2.76 bits per heavy atom. The van der Waals surface area contributed by atoms with Gasteiger partial charge in [-0.1, -0.05) is 30.3 Å². The van der Waals surface area contributed by atoms with Crippen molar-refractivity contribution in [2.24, 2.45) is 0 Å². The molecular formula is C31H26BN5O4. The fourth-order valence-corrected chi connectivity index (χ4v) is 5.69. The second kappa shape index (κ2) is 10.3. The van der Waals surface area contributed by atoms with Gasteiger partial charge in [-0.3, -0.25) is 14.6 Å². The number of nitrogens with zero attached hydrogens (tertiary/aromatic N) is 3. The van der Waals surface area contributed by atoms with Crippen molar-refractivity contribution in [1.82, 2.24) is 20.3 Å². The minimum atomic E-state index is -0.977. The van der Waals surface area contributed by atoms with Crippen LogP contribution in [-0.4, -0.2) is 45.5 Å². The highest BCUT2D eigenvalue weighted by molar-refractivity contribution is 6.62. The van der Waals surface area contributed by atoms with Gasteiger partial charge in [-0.25, -0.2) is 4.98 Å². The first-order valence-corrected chi connectivity index (χ1v) is 13.6. The summed E-state index contributed by atoms with van der Waals surface area (Å²) < 4.78 is 5.33. The number of nitrogens with one attached hydrogen (secondary N) is 2. The quantitative estimate of drug-likeness (QED) is 0.282. The number of aromatic nitrogens is 3. The van der Waals surface area contributed by atoms with Crippen LogP contribution >= 0.6 is 0 Å². The summed E-state index contributed by atoms with van der Waals surface area (Å²) in [7, 11) is -0.977. The molecule has 0 radical (unpaired) electrons. The third-order valence-corrected chi connectivity index (χ3v) is 7.78. The first-order chi connectivity index (χ1) is 20.0. The molecule has 3 aromatic heterocycles. The highest BCUT2D eigenvalue weighted by Gasteiger charge is 2.30. The van der Waals surface area contributed by atoms with E-state index in [-0.39, 0.29) is 18.4 Å². The summed E-state index contributed by atoms with van der Waals surface area (Å²) in [4.78, 5) is 39.1. The molecule has 1 fully saturated rings. The number of hydrogen-bond donors (Lipinski definition) is 3. The lowest BCUT2D eigenvalue weighted by Gasteiger charge is -2.16. The topological polar surface area (TPSA) is 120 Å². The first-order valence-electron chi connectivity index (χ1n) is 13.6. The maximum absolute atomic E-state index is 13.1. The molecule has 2 amide bonds. The van der Waals surface area contributed by atoms with Crippen LogP contribution in [0, 0.1) is 0 Å². The van der Waals surface area contributed by atoms with Gasteiger partial charge in [0.05, 0.1) is 6.61 Å². The molecule has 7 rings (SSSR count). The van der Waals surface area contributed by atoms with Crippen molar-refractivity contribution in [3.8, 4) is 22.3 Å². The maximum atomic E-state index is 13.1. The Morgan fingerprint density at radius 1 is 1.07 bits per heavy atom. The van der Waals surface area contributed by atoms with Gasteiger partial charge >= 0.3 is 7.12 Å². The summed E-state index contributed by atoms with van der Waals surface area (Å²) in [5, 5.41) is 13.9. The number of anilines is 1. The van der Waals surface area contributed by atoms with E-state index >= 15 is 0 Å². The Hall–Kier alpha value is -4.80. The Kier molecular flexibility index (Phi) is 6.33. The van der Waals surface area contributed by atoms with Crippen LogP contribution in [0.5, 0.6) is 0 Å². The van der Waals surface area contributed by atoms with Crippen LogP contribution in [0.3, 0.4) is 0 Å². The first kappa shape index (κ1) is 25.2. The Bertz CT molecular complexity index is 1800. The number of carbonyl (C=O) groups excluding carboxylic acids is 2. The van der Waals surface area contributed by atoms with Crippen molar-refractivity contribution in [3.63, 3.8) is 0 Å². The van der Waals surface area contributed by atoms with Crippen LogP contribution in [-0.2, 0) is 22.6 Å². The highest BCUT2D eigenvalue weighted by Crippen LogP contribution is 2.32. The predicted octanol–water partition coefficient (Wildman–Crippen LogP) is 3.57. The molecule has 0 aliphatic carbocycles. The van der Waals surface area contributed by atoms with Crippen molar-refractivity contribution in [3.05, 3.63) is 96.1 Å². The van der Waals surface area contributed by atoms with Gasteiger partial charge in [0, 0.05) is 60.3 Å². The third kappa shape index (κ3) is 4.67. The van der Waals surface area contributed by atoms with Crippen LogP contribution in [0.4, 0.5) is 5.69 Å². The molecule has 10 heteroatoms. The van der Waals surface area contributed by atoms with E-state index in [0.29, 0.717) is 24.4 Å². The molecule has 0 unspecified atom stereocenters. The maximum Gasteiger partial charge on any atom is 0.492 e. The van der Waals surface area contributed by atoms with E-state index in [1.807, 2.05) is 59.6 Å². The zero-order chi connectivity index (χ0) is 27.9. The number of aromatic amines is 1. The van der Waals surface area contributed by atoms with Gasteiger partial charge in [-0.15, -0.1) is 0 Å². The Labute approximate surface area is 236 Å². The molecule has 2 aliphatic heterocycles. The number of H-pyrrole nitrogens is 1. The van der Waals surface area contributed by atoms with Crippen molar-refractivity contribution < 1.29 is 19.3 Å². The Balaban J connectivity index is 1.13. The smallest absolute Gasteiger partial charge is 0.423 e. The van der Waals surface area contributed by atoms with Crippen molar-refractivity contribution in [2.75, 3.05) is 11.4 Å². The molecule has 0 bridgehead atoms. The molecule has 2 aliphatic rings. The second-order valence-corrected chi connectivity index (χ2v) is 10.3. The monoisotopic (exact) mass is 543 g/mol. The molecule has 5 aromatic rings. The van der Waals surface area contributed by atoms with Gasteiger partial charge in [0.1, 0.15) is 11.3 Å². The molecule has 5 heterocycles. The summed E-state index contributed by atoms with van der Waals surface area (Å²) >= 11 is 0. The van der Waals surface area contributed by atoms with Crippen LogP contribution in [0.1, 0.15) is 34.5 Å². The number of amides is 2. The number of rotatable bonds is 6. The van der Waals surface area contributed by atoms with E-state index in [0.717, 1.165) is 62.9 Å². The minimum Gasteiger partial charge on any atom is -0.423 e. The zero-order valence-electron chi connectivity index (χ0n) is 22.1. The van der Waals surface area contributed by atoms with Gasteiger partial charge in [-0.05, 0) is 64.5 Å². The van der Waals surface area contributed by atoms with Crippen LogP contribution in [0.25, 0.3) is 33.3 Å². The summed E-state index contributed by atoms with van der Waals surface area (Å²) in [5.41, 5.74) is 8.11. The number of benzene rings is 2. The summed E-state index contributed by atoms with van der Waals surface area (Å²) in [6.45, 7) is 1.38. The van der Waals surface area contributed by atoms with E-state index in [2.05, 4.69) is 26.3 Å². The lowest BCUT2D eigenvalue weighted by atomic mass is 9.76. The SMILES string of the molecule is O=C(NCc1cccc2c1B(O)OC2)c1cc2c(-c3cncc(-c4ccc(N5CCCC5=O)cc4)c3)ccnc2[nH]1. The molecule has 2 aromatic carbocycles. The summed E-state index contributed by atoms with van der Waals surface area (Å²) in [6, 6.07) is 19.4. The molecule has 1 saturated heterocycles. The molecule has 0 spiro atoms. The van der Waals surface area contributed by atoms with E-state index in [4.69, 9.17) is 4.65 Å². The summed E-state index contributed by atoms with van der Waals surface area (Å²) in [5.74, 6) is -0.108. The fraction of sp³-hybridized carbons (Fsp3) is 0.161. The van der Waals surface area contributed by atoms with Gasteiger partial charge in [0.15, 0.2) is 0 Å². The fourth-order valence-electron chi connectivity index (χ4n) is 5.69. The molecule has 0 saturated carbocycles. The van der Waals surface area contributed by atoms with Gasteiger partial charge in [0.2, 0.25) is 5.91 Å². The average molecular weight is 543 g/mol. The lowest BCUT2D eigenvalue weighted by Crippen LogP contribution is -2.34. The van der Waals surface area contributed by atoms with Crippen LogP contribution in [0.15, 0.2) is 79.3 Å². The van der Waals surface area contributed by atoms with E-state index in [1.165, 1.54) is 0 Å². The van der Waals surface area contributed by atoms with E-state index < -0.39 is 7.12 Å². The average Bonchev–Trinajstić information content (AvgIpc) is 3.74. The van der Waals surface area contributed by atoms with Crippen molar-refractivity contribution in [1.29, 1.82) is 0 Å². The van der Waals surface area contributed by atoms with E-state index in [1.54, 1.807) is 18.5 Å². The van der Waals surface area contributed by atoms with Crippen LogP contribution in [0.2, 0.25) is 0 Å². The molecule has 202 valence electrons. The van der Waals surface area contributed by atoms with Gasteiger partial charge in [-0.2, -0.15) is 0 Å². The highest BCUT2D eigenvalue weighted by atomic mass is 16.5. The summed E-state index contributed by atoms with van der Waals surface area (Å²) in [6.07, 6.45) is 6.82. The molecule has 0 atom stereocenters. The largest absolute Gasteiger partial charge is 0.492 e. The standard InChI is InChI=1S/C31H26BN5O4/c38-28-5-2-12-37(28)24-8-6-19(7-9-24)22-13-23(16-33-15-22)25-10-11-34-30-26(25)14-27(36-30)31(39)35-17-20-3-1-4-21-18-41-32(40)29(20)21/h1,3-4,6-11,13-16,40H,2,5,12,17-18H2,(H,34,36)(H,35,39). The molecule has 3 N–H and O–H groups in total. The number of carbonyl (C=O) groups is 2. The number of fused-ring (bicyclic) bond motifs is 2. The molecular weight excluding hydrogens is 517 g/mol. The minimum absolute atomic E-state index is 0.166. The van der Waals surface area contributed by atoms with Crippen LogP contribution < -0.4 is 15.7 Å². The van der Waals surface area contributed by atoms with Gasteiger partial charge < -0.3 is 24.9 Å². The second-order valence-electron chi connectivity index (χ2n) is 10.3. The van der Waals surface area contributed by atoms with Crippen molar-refractivity contribution in [2.45, 2.75) is 26.0 Å². The zero-order valence-corrected chi connectivity index (χ0v) is 22.1. The predicted molar refractivity (Wildman–Crippen MR) is 156 cm³/mol. The Morgan fingerprint density at radius 2 is 1.93 bits per heavy atom. The normalized spacial score (nSPS) is 14.6. The third-order valence-electron chi connectivity index (χ3n) is 7.78. The van der Waals surface area contributed by atoms with Gasteiger partial charge in [0.25, 0.3) is 5.91 Å². The molecule has 41 heavy (non-hydrogen) atoms. The lowest BCUT2D eigenvalue weighted by molar-refractivity contribution is -0.117. The number of pyridine rings is 2. The van der Waals surface area contributed by atoms with E-state index in [9.17, 15) is 14.6 Å². The molecule has 9 nitrogen and oxygen atoms in total. The number of hydrogen-bond acceptors (Lipinski definition) is 6. The van der Waals surface area contributed by atoms with Crippen molar-refractivity contribution >= 4 is 41.1 Å².